The Morgan fingerprint density at radius 2 is 2.12 bits per heavy atom. The van der Waals surface area contributed by atoms with Gasteiger partial charge in [0.15, 0.2) is 0 Å². The minimum absolute atomic E-state index is 0.240. The van der Waals surface area contributed by atoms with Gasteiger partial charge in [-0.2, -0.15) is 5.10 Å². The molecule has 7 nitrogen and oxygen atoms in total. The lowest BCUT2D eigenvalue weighted by Gasteiger charge is -2.08. The van der Waals surface area contributed by atoms with Crippen LogP contribution in [0.1, 0.15) is 15.9 Å². The number of carbonyl (C=O) groups excluding carboxylic acids is 1. The maximum Gasteiger partial charge on any atom is 0.257 e. The van der Waals surface area contributed by atoms with E-state index in [4.69, 9.17) is 4.74 Å². The van der Waals surface area contributed by atoms with Crippen LogP contribution in [0, 0.1) is 0 Å². The molecule has 3 aromatic rings. The average Bonchev–Trinajstić information content (AvgIpc) is 3.06. The van der Waals surface area contributed by atoms with Crippen LogP contribution in [0.4, 0.5) is 0 Å². The third-order valence-corrected chi connectivity index (χ3v) is 3.49. The highest BCUT2D eigenvalue weighted by atomic mass is 16.5. The molecule has 3 rings (SSSR count). The lowest BCUT2D eigenvalue weighted by molar-refractivity contribution is 0.0947. The van der Waals surface area contributed by atoms with Crippen LogP contribution in [0.3, 0.4) is 0 Å². The largest absolute Gasteiger partial charge is 0.480 e. The third-order valence-electron chi connectivity index (χ3n) is 3.49. The highest BCUT2D eigenvalue weighted by molar-refractivity contribution is 5.96. The zero-order valence-corrected chi connectivity index (χ0v) is 13.4. The van der Waals surface area contributed by atoms with E-state index in [2.05, 4.69) is 20.4 Å². The summed E-state index contributed by atoms with van der Waals surface area (Å²) >= 11 is 0. The lowest BCUT2D eigenvalue weighted by Crippen LogP contribution is -2.23. The molecule has 0 atom stereocenters. The average molecular weight is 323 g/mol. The summed E-state index contributed by atoms with van der Waals surface area (Å²) in [5.74, 6) is 0.0661. The molecule has 3 heterocycles. The van der Waals surface area contributed by atoms with E-state index >= 15 is 0 Å². The van der Waals surface area contributed by atoms with Crippen molar-refractivity contribution in [2.24, 2.45) is 7.05 Å². The number of methoxy groups -OCH3 is 1. The number of nitrogens with one attached hydrogen (secondary N) is 1. The number of hydrogen-bond donors (Lipinski definition) is 1. The molecular formula is C17H17N5O2. The SMILES string of the molecule is COc1ncccc1C(=O)NCc1ccc(-c2cnn(C)c2)nc1. The van der Waals surface area contributed by atoms with Gasteiger partial charge in [0.25, 0.3) is 5.91 Å². The van der Waals surface area contributed by atoms with E-state index in [1.807, 2.05) is 25.4 Å². The van der Waals surface area contributed by atoms with Gasteiger partial charge >= 0.3 is 0 Å². The number of pyridine rings is 2. The second kappa shape index (κ2) is 6.91. The standard InChI is InChI=1S/C17H17N5O2/c1-22-11-13(10-21-22)15-6-5-12(8-19-15)9-20-16(23)14-4-3-7-18-17(14)24-2/h3-8,10-11H,9H2,1-2H3,(H,20,23). The van der Waals surface area contributed by atoms with Gasteiger partial charge in [0, 0.05) is 37.7 Å². The second-order valence-electron chi connectivity index (χ2n) is 5.20. The van der Waals surface area contributed by atoms with Crippen molar-refractivity contribution < 1.29 is 9.53 Å². The second-order valence-corrected chi connectivity index (χ2v) is 5.20. The van der Waals surface area contributed by atoms with Crippen LogP contribution >= 0.6 is 0 Å². The van der Waals surface area contributed by atoms with Gasteiger partial charge in [0.2, 0.25) is 5.88 Å². The molecule has 7 heteroatoms. The maximum atomic E-state index is 12.2. The fourth-order valence-electron chi connectivity index (χ4n) is 2.26. The van der Waals surface area contributed by atoms with Crippen LogP contribution in [0.25, 0.3) is 11.3 Å². The van der Waals surface area contributed by atoms with Crippen molar-refractivity contribution in [3.05, 3.63) is 60.2 Å². The molecule has 24 heavy (non-hydrogen) atoms. The van der Waals surface area contributed by atoms with Crippen LogP contribution in [-0.2, 0) is 13.6 Å². The van der Waals surface area contributed by atoms with Gasteiger partial charge in [-0.25, -0.2) is 4.98 Å². The van der Waals surface area contributed by atoms with Crippen molar-refractivity contribution in [2.75, 3.05) is 7.11 Å². The molecule has 0 radical (unpaired) electrons. The van der Waals surface area contributed by atoms with E-state index in [9.17, 15) is 4.79 Å². The number of aryl methyl sites for hydroxylation is 1. The Labute approximate surface area is 139 Å². The summed E-state index contributed by atoms with van der Waals surface area (Å²) in [5, 5.41) is 6.96. The summed E-state index contributed by atoms with van der Waals surface area (Å²) in [4.78, 5) is 20.6. The number of hydrogen-bond acceptors (Lipinski definition) is 5. The van der Waals surface area contributed by atoms with Gasteiger partial charge in [0.05, 0.1) is 19.0 Å². The Hall–Kier alpha value is -3.22. The minimum atomic E-state index is -0.240. The summed E-state index contributed by atoms with van der Waals surface area (Å²) < 4.78 is 6.82. The number of aromatic nitrogens is 4. The molecule has 0 fully saturated rings. The molecule has 1 amide bonds. The lowest BCUT2D eigenvalue weighted by atomic mass is 10.2. The zero-order chi connectivity index (χ0) is 16.9. The van der Waals surface area contributed by atoms with Gasteiger partial charge < -0.3 is 10.1 Å². The Kier molecular flexibility index (Phi) is 4.51. The van der Waals surface area contributed by atoms with Crippen molar-refractivity contribution in [3.63, 3.8) is 0 Å². The molecule has 0 aromatic carbocycles. The monoisotopic (exact) mass is 323 g/mol. The van der Waals surface area contributed by atoms with E-state index in [0.29, 0.717) is 18.0 Å². The van der Waals surface area contributed by atoms with E-state index in [0.717, 1.165) is 16.8 Å². The van der Waals surface area contributed by atoms with Gasteiger partial charge in [-0.3, -0.25) is 14.5 Å². The molecule has 0 saturated carbocycles. The van der Waals surface area contributed by atoms with Crippen LogP contribution < -0.4 is 10.1 Å². The summed E-state index contributed by atoms with van der Waals surface area (Å²) in [6.07, 6.45) is 6.98. The quantitative estimate of drug-likeness (QED) is 0.774. The molecule has 0 unspecified atom stereocenters. The molecule has 0 spiro atoms. The van der Waals surface area contributed by atoms with E-state index in [1.54, 1.807) is 35.4 Å². The topological polar surface area (TPSA) is 81.9 Å². The molecule has 0 aliphatic carbocycles. The molecule has 0 aliphatic rings. The highest BCUT2D eigenvalue weighted by Gasteiger charge is 2.12. The van der Waals surface area contributed by atoms with Crippen molar-refractivity contribution in [2.45, 2.75) is 6.54 Å². The van der Waals surface area contributed by atoms with E-state index in [-0.39, 0.29) is 5.91 Å². The van der Waals surface area contributed by atoms with Crippen LogP contribution in [0.2, 0.25) is 0 Å². The molecule has 1 N–H and O–H groups in total. The number of rotatable bonds is 5. The molecule has 0 saturated heterocycles. The fourth-order valence-corrected chi connectivity index (χ4v) is 2.26. The predicted octanol–water partition coefficient (Wildman–Crippen LogP) is 1.82. The number of nitrogens with zero attached hydrogens (tertiary/aromatic N) is 4. The Balaban J connectivity index is 1.65. The Bertz CT molecular complexity index is 842. The summed E-state index contributed by atoms with van der Waals surface area (Å²) in [5.41, 5.74) is 3.10. The van der Waals surface area contributed by atoms with Gasteiger partial charge in [-0.1, -0.05) is 6.07 Å². The first-order valence-corrected chi connectivity index (χ1v) is 7.38. The Morgan fingerprint density at radius 3 is 2.79 bits per heavy atom. The first-order chi connectivity index (χ1) is 11.7. The van der Waals surface area contributed by atoms with Crippen molar-refractivity contribution >= 4 is 5.91 Å². The molecule has 0 bridgehead atoms. The van der Waals surface area contributed by atoms with Crippen molar-refractivity contribution in [3.8, 4) is 17.1 Å². The molecular weight excluding hydrogens is 306 g/mol. The summed E-state index contributed by atoms with van der Waals surface area (Å²) in [6, 6.07) is 7.20. The predicted molar refractivity (Wildman–Crippen MR) is 88.4 cm³/mol. The number of amides is 1. The van der Waals surface area contributed by atoms with Crippen molar-refractivity contribution in [1.82, 2.24) is 25.1 Å². The number of carbonyl (C=O) groups is 1. The molecule has 122 valence electrons. The number of ether oxygens (including phenoxy) is 1. The van der Waals surface area contributed by atoms with Gasteiger partial charge in [-0.05, 0) is 23.8 Å². The molecule has 3 aromatic heterocycles. The summed E-state index contributed by atoms with van der Waals surface area (Å²) in [6.45, 7) is 0.372. The zero-order valence-electron chi connectivity index (χ0n) is 13.4. The van der Waals surface area contributed by atoms with Crippen LogP contribution in [0.5, 0.6) is 5.88 Å². The van der Waals surface area contributed by atoms with Gasteiger partial charge in [0.1, 0.15) is 5.56 Å². The summed E-state index contributed by atoms with van der Waals surface area (Å²) in [7, 11) is 3.35. The third kappa shape index (κ3) is 3.40. The van der Waals surface area contributed by atoms with E-state index in [1.165, 1.54) is 7.11 Å². The first kappa shape index (κ1) is 15.7. The minimum Gasteiger partial charge on any atom is -0.480 e. The Morgan fingerprint density at radius 1 is 1.25 bits per heavy atom. The van der Waals surface area contributed by atoms with Crippen LogP contribution in [-0.4, -0.2) is 32.8 Å². The van der Waals surface area contributed by atoms with Crippen LogP contribution in [0.15, 0.2) is 49.1 Å². The normalized spacial score (nSPS) is 10.4. The molecule has 0 aliphatic heterocycles. The van der Waals surface area contributed by atoms with Crippen molar-refractivity contribution in [1.29, 1.82) is 0 Å². The van der Waals surface area contributed by atoms with E-state index < -0.39 is 0 Å². The first-order valence-electron chi connectivity index (χ1n) is 7.38. The smallest absolute Gasteiger partial charge is 0.257 e. The highest BCUT2D eigenvalue weighted by Crippen LogP contribution is 2.16. The maximum absolute atomic E-state index is 12.2. The fraction of sp³-hybridized carbons (Fsp3) is 0.176. The van der Waals surface area contributed by atoms with Gasteiger partial charge in [-0.15, -0.1) is 0 Å².